The maximum Gasteiger partial charge on any atom is 0.340 e. The molecule has 2 N–H and O–H groups in total. The van der Waals surface area contributed by atoms with Crippen LogP contribution in [-0.4, -0.2) is 15.9 Å². The predicted octanol–water partition coefficient (Wildman–Crippen LogP) is 5.09. The summed E-state index contributed by atoms with van der Waals surface area (Å²) in [5.41, 5.74) is 5.62. The van der Waals surface area contributed by atoms with Crippen molar-refractivity contribution in [2.75, 3.05) is 5.32 Å². The molecule has 0 saturated heterocycles. The molecule has 0 atom stereocenters. The van der Waals surface area contributed by atoms with Gasteiger partial charge in [-0.1, -0.05) is 12.1 Å². The number of hydrogen-bond acceptors (Lipinski definition) is 5. The number of H-pyrrole nitrogens is 1. The smallest absolute Gasteiger partial charge is 0.340 e. The third-order valence-electron chi connectivity index (χ3n) is 6.71. The molecule has 7 nitrogen and oxygen atoms in total. The number of para-hydroxylation sites is 2. The number of anilines is 1. The van der Waals surface area contributed by atoms with E-state index in [0.717, 1.165) is 70.0 Å². The van der Waals surface area contributed by atoms with E-state index < -0.39 is 5.63 Å². The van der Waals surface area contributed by atoms with Gasteiger partial charge in [-0.25, -0.2) is 9.78 Å². The number of aryl methyl sites for hydroxylation is 4. The van der Waals surface area contributed by atoms with Gasteiger partial charge in [0, 0.05) is 28.3 Å². The molecule has 1 aliphatic rings. The summed E-state index contributed by atoms with van der Waals surface area (Å²) in [5.74, 6) is 1.06. The highest BCUT2D eigenvalue weighted by Crippen LogP contribution is 2.37. The average molecular weight is 441 g/mol. The fraction of sp³-hybridized carbons (Fsp3) is 0.269. The van der Waals surface area contributed by atoms with Gasteiger partial charge in [0.2, 0.25) is 11.9 Å². The first-order valence-electron chi connectivity index (χ1n) is 11.2. The van der Waals surface area contributed by atoms with E-state index in [2.05, 4.69) is 21.4 Å². The lowest BCUT2D eigenvalue weighted by Gasteiger charge is -2.11. The fourth-order valence-electron chi connectivity index (χ4n) is 4.97. The van der Waals surface area contributed by atoms with Crippen LogP contribution in [0.15, 0.2) is 44.0 Å². The number of rotatable bonds is 3. The summed E-state index contributed by atoms with van der Waals surface area (Å²) in [6, 6.07) is 9.59. The lowest BCUT2D eigenvalue weighted by Crippen LogP contribution is -2.21. The number of benzene rings is 2. The van der Waals surface area contributed by atoms with Crippen LogP contribution in [0.25, 0.3) is 33.0 Å². The highest BCUT2D eigenvalue weighted by molar-refractivity contribution is 6.01. The minimum atomic E-state index is -0.501. The van der Waals surface area contributed by atoms with E-state index >= 15 is 0 Å². The molecule has 3 aromatic heterocycles. The SMILES string of the molecule is Cc1c(CC(=O)Nc2nc3ccccc3[nH]2)c(=O)oc2c(C)c3oc4c(c3cc12)CCCC4. The quantitative estimate of drug-likeness (QED) is 0.380. The molecule has 0 fully saturated rings. The Labute approximate surface area is 188 Å². The van der Waals surface area contributed by atoms with Crippen LogP contribution in [0, 0.1) is 13.8 Å². The molecule has 0 saturated carbocycles. The second kappa shape index (κ2) is 7.33. The average Bonchev–Trinajstić information content (AvgIpc) is 3.38. The van der Waals surface area contributed by atoms with Crippen LogP contribution >= 0.6 is 0 Å². The van der Waals surface area contributed by atoms with Crippen molar-refractivity contribution in [2.24, 2.45) is 0 Å². The number of carbonyl (C=O) groups is 1. The van der Waals surface area contributed by atoms with E-state index in [-0.39, 0.29) is 12.3 Å². The standard InChI is InChI=1S/C26H23N3O4/c1-13-16-11-18-15-7-3-6-10-21(15)32-24(18)14(2)23(16)33-25(31)17(13)12-22(30)29-26-27-19-8-4-5-9-20(19)28-26/h4-5,8-9,11H,3,6-7,10,12H2,1-2H3,(H2,27,28,29,30). The zero-order chi connectivity index (χ0) is 22.7. The van der Waals surface area contributed by atoms with Crippen molar-refractivity contribution in [1.29, 1.82) is 0 Å². The highest BCUT2D eigenvalue weighted by atomic mass is 16.4. The van der Waals surface area contributed by atoms with Crippen LogP contribution in [0.2, 0.25) is 0 Å². The second-order valence-electron chi connectivity index (χ2n) is 8.79. The van der Waals surface area contributed by atoms with Gasteiger partial charge in [-0.05, 0) is 56.9 Å². The zero-order valence-electron chi connectivity index (χ0n) is 18.5. The van der Waals surface area contributed by atoms with E-state index in [4.69, 9.17) is 8.83 Å². The summed E-state index contributed by atoms with van der Waals surface area (Å²) in [4.78, 5) is 33.1. The lowest BCUT2D eigenvalue weighted by atomic mass is 9.93. The van der Waals surface area contributed by atoms with Crippen molar-refractivity contribution in [3.05, 3.63) is 68.8 Å². The Morgan fingerprint density at radius 3 is 2.70 bits per heavy atom. The number of nitrogens with zero attached hydrogens (tertiary/aromatic N) is 1. The van der Waals surface area contributed by atoms with E-state index in [1.807, 2.05) is 38.1 Å². The van der Waals surface area contributed by atoms with Crippen LogP contribution in [0.4, 0.5) is 5.95 Å². The van der Waals surface area contributed by atoms with Gasteiger partial charge in [0.1, 0.15) is 16.9 Å². The third-order valence-corrected chi connectivity index (χ3v) is 6.71. The molecule has 33 heavy (non-hydrogen) atoms. The Balaban J connectivity index is 1.40. The van der Waals surface area contributed by atoms with Crippen LogP contribution in [0.3, 0.4) is 0 Å². The molecule has 0 spiro atoms. The zero-order valence-corrected chi connectivity index (χ0v) is 18.5. The van der Waals surface area contributed by atoms with Crippen molar-refractivity contribution >= 4 is 44.8 Å². The number of nitrogens with one attached hydrogen (secondary N) is 2. The van der Waals surface area contributed by atoms with Gasteiger partial charge in [0.15, 0.2) is 0 Å². The number of aromatic amines is 1. The van der Waals surface area contributed by atoms with E-state index in [9.17, 15) is 9.59 Å². The number of aromatic nitrogens is 2. The Morgan fingerprint density at radius 1 is 1.06 bits per heavy atom. The summed E-state index contributed by atoms with van der Waals surface area (Å²) in [7, 11) is 0. The summed E-state index contributed by atoms with van der Waals surface area (Å²) in [5, 5.41) is 4.69. The molecule has 7 heteroatoms. The van der Waals surface area contributed by atoms with Crippen LogP contribution < -0.4 is 10.9 Å². The second-order valence-corrected chi connectivity index (χ2v) is 8.79. The van der Waals surface area contributed by atoms with E-state index in [0.29, 0.717) is 17.1 Å². The van der Waals surface area contributed by atoms with Gasteiger partial charge in [-0.2, -0.15) is 0 Å². The molecular formula is C26H23N3O4. The summed E-state index contributed by atoms with van der Waals surface area (Å²) >= 11 is 0. The Morgan fingerprint density at radius 2 is 1.85 bits per heavy atom. The number of hydrogen-bond donors (Lipinski definition) is 2. The number of fused-ring (bicyclic) bond motifs is 5. The van der Waals surface area contributed by atoms with Crippen LogP contribution in [0.1, 0.15) is 40.9 Å². The van der Waals surface area contributed by atoms with Crippen molar-refractivity contribution in [1.82, 2.24) is 9.97 Å². The number of amides is 1. The van der Waals surface area contributed by atoms with Gasteiger partial charge in [-0.15, -0.1) is 0 Å². The summed E-state index contributed by atoms with van der Waals surface area (Å²) in [6.07, 6.45) is 4.12. The first kappa shape index (κ1) is 19.8. The van der Waals surface area contributed by atoms with Gasteiger partial charge < -0.3 is 13.8 Å². The van der Waals surface area contributed by atoms with Gasteiger partial charge >= 0.3 is 5.63 Å². The Hall–Kier alpha value is -3.87. The molecular weight excluding hydrogens is 418 g/mol. The minimum Gasteiger partial charge on any atom is -0.460 e. The van der Waals surface area contributed by atoms with Gasteiger partial charge in [0.25, 0.3) is 0 Å². The Bertz CT molecular complexity index is 1600. The molecule has 5 aromatic rings. The monoisotopic (exact) mass is 441 g/mol. The molecule has 0 radical (unpaired) electrons. The molecule has 0 bridgehead atoms. The molecule has 1 aliphatic carbocycles. The maximum atomic E-state index is 12.9. The molecule has 3 heterocycles. The third kappa shape index (κ3) is 3.15. The molecule has 166 valence electrons. The Kier molecular flexibility index (Phi) is 4.40. The maximum absolute atomic E-state index is 12.9. The number of furan rings is 1. The topological polar surface area (TPSA) is 101 Å². The molecule has 6 rings (SSSR count). The first-order chi connectivity index (χ1) is 16.0. The number of carbonyl (C=O) groups excluding carboxylic acids is 1. The van der Waals surface area contributed by atoms with Crippen LogP contribution in [0.5, 0.6) is 0 Å². The van der Waals surface area contributed by atoms with Crippen molar-refractivity contribution in [3.8, 4) is 0 Å². The highest BCUT2D eigenvalue weighted by Gasteiger charge is 2.23. The number of imidazole rings is 1. The van der Waals surface area contributed by atoms with Gasteiger partial charge in [-0.3, -0.25) is 10.1 Å². The van der Waals surface area contributed by atoms with Crippen molar-refractivity contribution in [2.45, 2.75) is 46.0 Å². The lowest BCUT2D eigenvalue weighted by molar-refractivity contribution is -0.115. The van der Waals surface area contributed by atoms with Crippen molar-refractivity contribution in [3.63, 3.8) is 0 Å². The minimum absolute atomic E-state index is 0.0955. The van der Waals surface area contributed by atoms with Crippen molar-refractivity contribution < 1.29 is 13.6 Å². The summed E-state index contributed by atoms with van der Waals surface area (Å²) < 4.78 is 11.9. The van der Waals surface area contributed by atoms with E-state index in [1.165, 1.54) is 5.56 Å². The van der Waals surface area contributed by atoms with Crippen LogP contribution in [-0.2, 0) is 24.1 Å². The largest absolute Gasteiger partial charge is 0.460 e. The van der Waals surface area contributed by atoms with E-state index in [1.54, 1.807) is 0 Å². The van der Waals surface area contributed by atoms with Gasteiger partial charge in [0.05, 0.1) is 23.0 Å². The predicted molar refractivity (Wildman–Crippen MR) is 127 cm³/mol. The normalized spacial score (nSPS) is 13.6. The summed E-state index contributed by atoms with van der Waals surface area (Å²) in [6.45, 7) is 3.80. The molecule has 2 aromatic carbocycles. The molecule has 1 amide bonds. The first-order valence-corrected chi connectivity index (χ1v) is 11.2. The molecule has 0 aliphatic heterocycles. The fourth-order valence-corrected chi connectivity index (χ4v) is 4.97. The molecule has 0 unspecified atom stereocenters.